The summed E-state index contributed by atoms with van der Waals surface area (Å²) in [6.45, 7) is -0.546. The number of ether oxygens (including phenoxy) is 3. The van der Waals surface area contributed by atoms with Crippen LogP contribution in [0.3, 0.4) is 0 Å². The third-order valence-corrected chi connectivity index (χ3v) is 7.12. The van der Waals surface area contributed by atoms with Crippen molar-refractivity contribution in [1.82, 2.24) is 0 Å². The van der Waals surface area contributed by atoms with Crippen molar-refractivity contribution >= 4 is 5.97 Å². The van der Waals surface area contributed by atoms with Crippen LogP contribution < -0.4 is 0 Å². The molecule has 3 atom stereocenters. The first kappa shape index (κ1) is 36.4. The van der Waals surface area contributed by atoms with Gasteiger partial charge in [-0.05, 0) is 39.5 Å². The summed E-state index contributed by atoms with van der Waals surface area (Å²) in [5.74, 6) is -9.65. The van der Waals surface area contributed by atoms with Crippen molar-refractivity contribution in [3.8, 4) is 0 Å². The molecule has 0 amide bonds. The van der Waals surface area contributed by atoms with E-state index in [-0.39, 0.29) is 6.92 Å². The molecular weight excluding hydrogens is 601 g/mol. The highest BCUT2D eigenvalue weighted by Gasteiger charge is 2.81. The molecule has 0 N–H and O–H groups in total. The van der Waals surface area contributed by atoms with Gasteiger partial charge in [-0.3, -0.25) is 4.79 Å². The minimum absolute atomic E-state index is 0.0591. The molecule has 0 aromatic rings. The van der Waals surface area contributed by atoms with E-state index in [1.165, 1.54) is 0 Å². The zero-order valence-electron chi connectivity index (χ0n) is 20.9. The molecule has 1 saturated carbocycles. The molecule has 0 saturated heterocycles. The fourth-order valence-electron chi connectivity index (χ4n) is 4.59. The Hall–Kier alpha value is -1.66. The van der Waals surface area contributed by atoms with Gasteiger partial charge in [0.1, 0.15) is 6.79 Å². The van der Waals surface area contributed by atoms with E-state index in [1.807, 2.05) is 0 Å². The molecule has 0 heterocycles. The second kappa shape index (κ2) is 11.6. The molecule has 0 aromatic carbocycles. The average Bonchev–Trinajstić information content (AvgIpc) is 2.75. The van der Waals surface area contributed by atoms with Gasteiger partial charge in [0.05, 0.1) is 0 Å². The van der Waals surface area contributed by atoms with E-state index >= 15 is 0 Å². The second-order valence-electron chi connectivity index (χ2n) is 9.35. The van der Waals surface area contributed by atoms with E-state index in [9.17, 15) is 70.7 Å². The van der Waals surface area contributed by atoms with Gasteiger partial charge in [-0.1, -0.05) is 13.3 Å². The molecule has 0 radical (unpaired) electrons. The van der Waals surface area contributed by atoms with Crippen LogP contribution in [-0.2, 0) is 19.0 Å². The number of halogens is 15. The molecule has 238 valence electrons. The molecule has 4 nitrogen and oxygen atoms in total. The summed E-state index contributed by atoms with van der Waals surface area (Å²) < 4.78 is 221. The maximum Gasteiger partial charge on any atom is 0.437 e. The fraction of sp³-hybridized carbons (Fsp3) is 0.952. The van der Waals surface area contributed by atoms with Gasteiger partial charge in [0.25, 0.3) is 5.60 Å². The van der Waals surface area contributed by atoms with Crippen molar-refractivity contribution in [2.24, 2.45) is 17.3 Å². The Bertz CT molecular complexity index is 829. The average molecular weight is 626 g/mol. The molecule has 1 aliphatic rings. The maximum atomic E-state index is 14.2. The van der Waals surface area contributed by atoms with Crippen molar-refractivity contribution in [3.05, 3.63) is 0 Å². The van der Waals surface area contributed by atoms with E-state index in [0.29, 0.717) is 6.92 Å². The quantitative estimate of drug-likeness (QED) is 0.113. The van der Waals surface area contributed by atoms with Crippen molar-refractivity contribution in [2.45, 2.75) is 95.0 Å². The summed E-state index contributed by atoms with van der Waals surface area (Å²) in [7, 11) is 0. The van der Waals surface area contributed by atoms with Crippen LogP contribution in [0.15, 0.2) is 0 Å². The van der Waals surface area contributed by atoms with Gasteiger partial charge in [-0.2, -0.15) is 65.9 Å². The SMILES string of the molecule is CCOCOC(C1CCCC(C(OC(=O)C(C)(CC)C(F)(F)F)(C(F)(F)F)C(F)(F)F)C1)(C(F)(F)F)C(F)(F)F. The van der Waals surface area contributed by atoms with Gasteiger partial charge in [-0.25, -0.2) is 0 Å². The number of esters is 1. The highest BCUT2D eigenvalue weighted by molar-refractivity contribution is 5.78. The normalized spacial score (nSPS) is 22.1. The zero-order chi connectivity index (χ0) is 31.8. The van der Waals surface area contributed by atoms with Crippen LogP contribution in [0.2, 0.25) is 0 Å². The van der Waals surface area contributed by atoms with Crippen molar-refractivity contribution in [3.63, 3.8) is 0 Å². The minimum Gasteiger partial charge on any atom is -0.438 e. The third-order valence-electron chi connectivity index (χ3n) is 7.12. The lowest BCUT2D eigenvalue weighted by Crippen LogP contribution is -2.68. The maximum absolute atomic E-state index is 14.2. The lowest BCUT2D eigenvalue weighted by Gasteiger charge is -2.49. The summed E-state index contributed by atoms with van der Waals surface area (Å²) in [6.07, 6.45) is -39.7. The third kappa shape index (κ3) is 6.23. The Kier molecular flexibility index (Phi) is 10.5. The first-order chi connectivity index (χ1) is 17.7. The Balaban J connectivity index is 3.87. The Morgan fingerprint density at radius 2 is 1.07 bits per heavy atom. The molecule has 1 rings (SSSR count). The van der Waals surface area contributed by atoms with Crippen LogP contribution in [0, 0.1) is 17.3 Å². The monoisotopic (exact) mass is 626 g/mol. The van der Waals surface area contributed by atoms with Gasteiger partial charge < -0.3 is 14.2 Å². The summed E-state index contributed by atoms with van der Waals surface area (Å²) in [4.78, 5) is 12.3. The van der Waals surface area contributed by atoms with E-state index < -0.39 is 111 Å². The van der Waals surface area contributed by atoms with E-state index in [2.05, 4.69) is 14.2 Å². The number of rotatable bonds is 9. The van der Waals surface area contributed by atoms with Gasteiger partial charge >= 0.3 is 42.5 Å². The summed E-state index contributed by atoms with van der Waals surface area (Å²) >= 11 is 0. The highest BCUT2D eigenvalue weighted by Crippen LogP contribution is 2.60. The van der Waals surface area contributed by atoms with Gasteiger partial charge in [0, 0.05) is 18.4 Å². The minimum atomic E-state index is -6.82. The first-order valence-electron chi connectivity index (χ1n) is 11.5. The topological polar surface area (TPSA) is 44.8 Å². The number of hydrogen-bond donors (Lipinski definition) is 0. The van der Waals surface area contributed by atoms with Crippen molar-refractivity contribution < 1.29 is 84.9 Å². The molecule has 0 aliphatic heterocycles. The van der Waals surface area contributed by atoms with Crippen molar-refractivity contribution in [1.29, 1.82) is 0 Å². The van der Waals surface area contributed by atoms with E-state index in [4.69, 9.17) is 0 Å². The van der Waals surface area contributed by atoms with Crippen LogP contribution in [0.4, 0.5) is 65.9 Å². The Morgan fingerprint density at radius 1 is 0.675 bits per heavy atom. The van der Waals surface area contributed by atoms with Crippen LogP contribution >= 0.6 is 0 Å². The summed E-state index contributed by atoms with van der Waals surface area (Å²) in [5, 5.41) is 0. The number of hydrogen-bond acceptors (Lipinski definition) is 4. The second-order valence-corrected chi connectivity index (χ2v) is 9.35. The first-order valence-corrected chi connectivity index (χ1v) is 11.5. The molecule has 1 aliphatic carbocycles. The van der Waals surface area contributed by atoms with Crippen LogP contribution in [0.1, 0.15) is 52.9 Å². The van der Waals surface area contributed by atoms with E-state index in [1.54, 1.807) is 0 Å². The molecule has 3 unspecified atom stereocenters. The van der Waals surface area contributed by atoms with Crippen LogP contribution in [-0.4, -0.2) is 61.5 Å². The number of carbonyl (C=O) groups is 1. The zero-order valence-corrected chi connectivity index (χ0v) is 20.9. The molecule has 19 heteroatoms. The highest BCUT2D eigenvalue weighted by atomic mass is 19.4. The number of alkyl halides is 15. The molecule has 0 bridgehead atoms. The molecule has 0 spiro atoms. The van der Waals surface area contributed by atoms with Crippen LogP contribution in [0.5, 0.6) is 0 Å². The molecule has 1 fully saturated rings. The fourth-order valence-corrected chi connectivity index (χ4v) is 4.59. The van der Waals surface area contributed by atoms with Gasteiger partial charge in [0.15, 0.2) is 5.41 Å². The Labute approximate surface area is 217 Å². The smallest absolute Gasteiger partial charge is 0.437 e. The van der Waals surface area contributed by atoms with E-state index in [0.717, 1.165) is 6.92 Å². The largest absolute Gasteiger partial charge is 0.438 e. The van der Waals surface area contributed by atoms with Crippen LogP contribution in [0.25, 0.3) is 0 Å². The predicted molar refractivity (Wildman–Crippen MR) is 103 cm³/mol. The Morgan fingerprint density at radius 3 is 1.40 bits per heavy atom. The predicted octanol–water partition coefficient (Wildman–Crippen LogP) is 8.05. The van der Waals surface area contributed by atoms with Crippen molar-refractivity contribution in [2.75, 3.05) is 13.4 Å². The standard InChI is InChI=1S/C21H25F15O4/c1-4-14(3,17(22,23)24)13(37)40-16(20(31,32)33,21(34,35)36)12-8-6-7-11(9-12)15(18(25,26)27,19(28,29)30)39-10-38-5-2/h11-12H,4-10H2,1-3H3. The summed E-state index contributed by atoms with van der Waals surface area (Å²) in [5.41, 5.74) is -15.2. The molecule has 0 aromatic heterocycles. The summed E-state index contributed by atoms with van der Waals surface area (Å²) in [6, 6.07) is 0. The molecular formula is C21H25F15O4. The lowest BCUT2D eigenvalue weighted by atomic mass is 9.66. The van der Waals surface area contributed by atoms with Gasteiger partial charge in [0.2, 0.25) is 0 Å². The number of carbonyl (C=O) groups excluding carboxylic acids is 1. The van der Waals surface area contributed by atoms with Gasteiger partial charge in [-0.15, -0.1) is 0 Å². The molecule has 40 heavy (non-hydrogen) atoms. The lowest BCUT2D eigenvalue weighted by molar-refractivity contribution is -0.419.